The molecule has 0 spiro atoms. The van der Waals surface area contributed by atoms with Gasteiger partial charge >= 0.3 is 0 Å². The lowest BCUT2D eigenvalue weighted by atomic mass is 10.1. The number of nitrogens with one attached hydrogen (secondary N) is 1. The second kappa shape index (κ2) is 12.2. The molecule has 134 valence electrons. The number of para-hydroxylation sites is 1. The van der Waals surface area contributed by atoms with Crippen molar-refractivity contribution in [3.63, 3.8) is 0 Å². The molecule has 0 aliphatic carbocycles. The van der Waals surface area contributed by atoms with E-state index in [-0.39, 0.29) is 5.91 Å². The highest BCUT2D eigenvalue weighted by atomic mass is 16.6. The van der Waals surface area contributed by atoms with E-state index in [2.05, 4.69) is 24.3 Å². The number of benzene rings is 1. The molecule has 0 unspecified atom stereocenters. The van der Waals surface area contributed by atoms with Crippen molar-refractivity contribution in [3.05, 3.63) is 23.8 Å². The van der Waals surface area contributed by atoms with Gasteiger partial charge in [-0.3, -0.25) is 4.79 Å². The van der Waals surface area contributed by atoms with E-state index in [4.69, 9.17) is 14.3 Å². The van der Waals surface area contributed by atoms with Gasteiger partial charge in [-0.05, 0) is 25.0 Å². The molecule has 0 radical (unpaired) electrons. The summed E-state index contributed by atoms with van der Waals surface area (Å²) in [6, 6.07) is 5.27. The molecule has 1 amide bonds. The third-order valence-electron chi connectivity index (χ3n) is 3.23. The van der Waals surface area contributed by atoms with E-state index in [0.29, 0.717) is 36.8 Å². The monoisotopic (exact) mass is 336 g/mol. The molecule has 0 atom stereocenters. The van der Waals surface area contributed by atoms with Crippen molar-refractivity contribution in [2.24, 2.45) is 5.16 Å². The largest absolute Gasteiger partial charge is 0.493 e. The van der Waals surface area contributed by atoms with Crippen LogP contribution in [-0.4, -0.2) is 39.0 Å². The van der Waals surface area contributed by atoms with E-state index >= 15 is 0 Å². The Morgan fingerprint density at radius 2 is 2.08 bits per heavy atom. The van der Waals surface area contributed by atoms with Crippen LogP contribution in [0.4, 0.5) is 0 Å². The first kappa shape index (κ1) is 19.8. The lowest BCUT2D eigenvalue weighted by Crippen LogP contribution is -2.27. The van der Waals surface area contributed by atoms with E-state index < -0.39 is 0 Å². The first-order valence-electron chi connectivity index (χ1n) is 8.46. The lowest BCUT2D eigenvalue weighted by molar-refractivity contribution is 0.0916. The lowest BCUT2D eigenvalue weighted by Gasteiger charge is -2.14. The maximum Gasteiger partial charge on any atom is 0.255 e. The molecular formula is C18H28N2O4. The van der Waals surface area contributed by atoms with E-state index in [1.807, 2.05) is 0 Å². The number of ether oxygens (including phenoxy) is 2. The Kier molecular flexibility index (Phi) is 10.1. The number of amides is 1. The molecule has 0 aliphatic heterocycles. The molecule has 0 saturated carbocycles. The quantitative estimate of drug-likeness (QED) is 0.361. The second-order valence-corrected chi connectivity index (χ2v) is 5.20. The van der Waals surface area contributed by atoms with Gasteiger partial charge in [-0.1, -0.05) is 37.9 Å². The number of rotatable bonds is 12. The van der Waals surface area contributed by atoms with Gasteiger partial charge in [0.25, 0.3) is 5.91 Å². The van der Waals surface area contributed by atoms with Gasteiger partial charge in [0, 0.05) is 6.21 Å². The van der Waals surface area contributed by atoms with Crippen molar-refractivity contribution < 1.29 is 19.1 Å². The average molecular weight is 336 g/mol. The Morgan fingerprint density at radius 1 is 1.25 bits per heavy atom. The molecule has 0 saturated heterocycles. The Labute approximate surface area is 144 Å². The van der Waals surface area contributed by atoms with Crippen LogP contribution in [-0.2, 0) is 4.84 Å². The van der Waals surface area contributed by atoms with Crippen LogP contribution in [0.1, 0.15) is 49.9 Å². The summed E-state index contributed by atoms with van der Waals surface area (Å²) in [5.41, 5.74) is 0.458. The van der Waals surface area contributed by atoms with Gasteiger partial charge in [-0.15, -0.1) is 0 Å². The minimum Gasteiger partial charge on any atom is -0.493 e. The molecule has 24 heavy (non-hydrogen) atoms. The van der Waals surface area contributed by atoms with Crippen molar-refractivity contribution in [3.8, 4) is 11.5 Å². The van der Waals surface area contributed by atoms with Gasteiger partial charge in [0.05, 0.1) is 25.8 Å². The van der Waals surface area contributed by atoms with Crippen LogP contribution in [0.2, 0.25) is 0 Å². The summed E-state index contributed by atoms with van der Waals surface area (Å²) >= 11 is 0. The van der Waals surface area contributed by atoms with Gasteiger partial charge in [-0.2, -0.15) is 0 Å². The Bertz CT molecular complexity index is 518. The van der Waals surface area contributed by atoms with Crippen LogP contribution >= 0.6 is 0 Å². The highest BCUT2D eigenvalue weighted by Crippen LogP contribution is 2.31. The third kappa shape index (κ3) is 6.89. The average Bonchev–Trinajstić information content (AvgIpc) is 2.61. The first-order valence-corrected chi connectivity index (χ1v) is 8.46. The van der Waals surface area contributed by atoms with Crippen molar-refractivity contribution >= 4 is 12.1 Å². The molecule has 1 aromatic rings. The minimum atomic E-state index is -0.221. The maximum absolute atomic E-state index is 12.4. The van der Waals surface area contributed by atoms with E-state index in [1.165, 1.54) is 0 Å². The van der Waals surface area contributed by atoms with Crippen LogP contribution in [0.15, 0.2) is 23.4 Å². The molecule has 0 fully saturated rings. The summed E-state index contributed by atoms with van der Waals surface area (Å²) in [5.74, 6) is 0.813. The number of unbranched alkanes of at least 4 members (excludes halogenated alkanes) is 2. The van der Waals surface area contributed by atoms with Crippen LogP contribution in [0.5, 0.6) is 11.5 Å². The van der Waals surface area contributed by atoms with Crippen LogP contribution < -0.4 is 14.8 Å². The van der Waals surface area contributed by atoms with Crippen molar-refractivity contribution in [1.29, 1.82) is 0 Å². The zero-order valence-corrected chi connectivity index (χ0v) is 14.8. The van der Waals surface area contributed by atoms with Gasteiger partial charge in [0.1, 0.15) is 6.61 Å². The molecule has 0 aliphatic rings. The summed E-state index contributed by atoms with van der Waals surface area (Å²) in [4.78, 5) is 17.4. The maximum atomic E-state index is 12.4. The van der Waals surface area contributed by atoms with E-state index in [1.54, 1.807) is 31.5 Å². The predicted octanol–water partition coefficient (Wildman–Crippen LogP) is 3.41. The standard InChI is InChI=1S/C18H28N2O4/c1-4-6-11-20-24-14-12-19-18(21)15-9-8-10-16(22-3)17(15)23-13-7-5-2/h8-11H,4-7,12-14H2,1-3H3,(H,19,21)/b20-11-. The number of nitrogens with zero attached hydrogens (tertiary/aromatic N) is 1. The number of methoxy groups -OCH3 is 1. The summed E-state index contributed by atoms with van der Waals surface area (Å²) in [5, 5.41) is 6.60. The summed E-state index contributed by atoms with van der Waals surface area (Å²) in [6.07, 6.45) is 5.58. The molecule has 1 aromatic carbocycles. The number of oxime groups is 1. The molecule has 1 rings (SSSR count). The van der Waals surface area contributed by atoms with E-state index in [9.17, 15) is 4.79 Å². The van der Waals surface area contributed by atoms with Crippen LogP contribution in [0.3, 0.4) is 0 Å². The molecule has 6 nitrogen and oxygen atoms in total. The van der Waals surface area contributed by atoms with Crippen LogP contribution in [0.25, 0.3) is 0 Å². The highest BCUT2D eigenvalue weighted by Gasteiger charge is 2.16. The number of carbonyl (C=O) groups excluding carboxylic acids is 1. The molecule has 0 heterocycles. The Morgan fingerprint density at radius 3 is 2.79 bits per heavy atom. The Hall–Kier alpha value is -2.24. The number of hydrogen-bond acceptors (Lipinski definition) is 5. The predicted molar refractivity (Wildman–Crippen MR) is 95.1 cm³/mol. The fourth-order valence-corrected chi connectivity index (χ4v) is 1.92. The van der Waals surface area contributed by atoms with Crippen LogP contribution in [0, 0.1) is 0 Å². The molecule has 0 aromatic heterocycles. The third-order valence-corrected chi connectivity index (χ3v) is 3.23. The van der Waals surface area contributed by atoms with E-state index in [0.717, 1.165) is 25.7 Å². The summed E-state index contributed by atoms with van der Waals surface area (Å²) < 4.78 is 11.1. The van der Waals surface area contributed by atoms with Gasteiger partial charge in [-0.25, -0.2) is 0 Å². The van der Waals surface area contributed by atoms with Gasteiger partial charge in [0.15, 0.2) is 11.5 Å². The fraction of sp³-hybridized carbons (Fsp3) is 0.556. The SMILES string of the molecule is CCC/C=N\OCCNC(=O)c1cccc(OC)c1OCCCC. The summed E-state index contributed by atoms with van der Waals surface area (Å²) in [6.45, 7) is 5.39. The first-order chi connectivity index (χ1) is 11.7. The zero-order chi connectivity index (χ0) is 17.6. The smallest absolute Gasteiger partial charge is 0.255 e. The second-order valence-electron chi connectivity index (χ2n) is 5.20. The van der Waals surface area contributed by atoms with Crippen molar-refractivity contribution in [1.82, 2.24) is 5.32 Å². The molecule has 6 heteroatoms. The number of hydrogen-bond donors (Lipinski definition) is 1. The Balaban J connectivity index is 2.58. The van der Waals surface area contributed by atoms with Crippen molar-refractivity contribution in [2.45, 2.75) is 39.5 Å². The molecular weight excluding hydrogens is 308 g/mol. The molecule has 0 bridgehead atoms. The fourth-order valence-electron chi connectivity index (χ4n) is 1.92. The van der Waals surface area contributed by atoms with Gasteiger partial charge in [0.2, 0.25) is 0 Å². The normalized spacial score (nSPS) is 10.6. The molecule has 1 N–H and O–H groups in total. The van der Waals surface area contributed by atoms with Crippen molar-refractivity contribution in [2.75, 3.05) is 26.9 Å². The minimum absolute atomic E-state index is 0.221. The summed E-state index contributed by atoms with van der Waals surface area (Å²) in [7, 11) is 1.56. The van der Waals surface area contributed by atoms with Gasteiger partial charge < -0.3 is 19.6 Å². The zero-order valence-electron chi connectivity index (χ0n) is 14.8. The topological polar surface area (TPSA) is 69.2 Å². The number of carbonyl (C=O) groups is 1. The highest BCUT2D eigenvalue weighted by molar-refractivity contribution is 5.97.